The van der Waals surface area contributed by atoms with Crippen molar-refractivity contribution < 1.29 is 9.18 Å². The smallest absolute Gasteiger partial charge is 0.250 e. The van der Waals surface area contributed by atoms with E-state index < -0.39 is 0 Å². The average molecular weight is 414 g/mol. The normalized spacial score (nSPS) is 18.2. The van der Waals surface area contributed by atoms with Gasteiger partial charge in [-0.15, -0.1) is 5.10 Å². The van der Waals surface area contributed by atoms with Crippen LogP contribution in [0.5, 0.6) is 0 Å². The summed E-state index contributed by atoms with van der Waals surface area (Å²) in [6, 6.07) is 13.8. The van der Waals surface area contributed by atoms with E-state index in [0.717, 1.165) is 11.1 Å². The van der Waals surface area contributed by atoms with Gasteiger partial charge in [-0.1, -0.05) is 49.7 Å². The molecule has 1 aromatic heterocycles. The molecule has 3 aromatic rings. The van der Waals surface area contributed by atoms with Gasteiger partial charge in [-0.05, 0) is 41.8 Å². The minimum atomic E-state index is -0.291. The SMILES string of the molecule is CC(C)C(=O)Nc1nc2n(n1)[C@@H](c1ccc(F)cc1)C[C@@H](c1ccc(Cl)cc1)N2. The van der Waals surface area contributed by atoms with E-state index in [2.05, 4.69) is 20.7 Å². The number of hydrogen-bond donors (Lipinski definition) is 2. The largest absolute Gasteiger partial charge is 0.347 e. The number of nitrogens with zero attached hydrogens (tertiary/aromatic N) is 3. The molecule has 1 aliphatic rings. The van der Waals surface area contributed by atoms with Crippen LogP contribution in [0.25, 0.3) is 0 Å². The van der Waals surface area contributed by atoms with Crippen LogP contribution in [0.15, 0.2) is 48.5 Å². The van der Waals surface area contributed by atoms with Gasteiger partial charge in [0.2, 0.25) is 11.9 Å². The molecular weight excluding hydrogens is 393 g/mol. The number of hydrogen-bond acceptors (Lipinski definition) is 4. The average Bonchev–Trinajstić information content (AvgIpc) is 3.10. The number of fused-ring (bicyclic) bond motifs is 1. The molecule has 4 rings (SSSR count). The number of halogens is 2. The molecule has 1 aliphatic heterocycles. The molecule has 1 amide bonds. The van der Waals surface area contributed by atoms with Gasteiger partial charge in [-0.2, -0.15) is 4.98 Å². The van der Waals surface area contributed by atoms with Crippen LogP contribution in [-0.4, -0.2) is 20.7 Å². The van der Waals surface area contributed by atoms with E-state index in [1.165, 1.54) is 12.1 Å². The predicted molar refractivity (Wildman–Crippen MR) is 110 cm³/mol. The van der Waals surface area contributed by atoms with Crippen molar-refractivity contribution in [1.29, 1.82) is 0 Å². The van der Waals surface area contributed by atoms with E-state index in [-0.39, 0.29) is 35.7 Å². The molecule has 0 spiro atoms. The molecule has 2 N–H and O–H groups in total. The van der Waals surface area contributed by atoms with E-state index in [1.54, 1.807) is 16.8 Å². The van der Waals surface area contributed by atoms with E-state index >= 15 is 0 Å². The highest BCUT2D eigenvalue weighted by atomic mass is 35.5. The Morgan fingerprint density at radius 1 is 1.17 bits per heavy atom. The van der Waals surface area contributed by atoms with Gasteiger partial charge in [0.25, 0.3) is 5.95 Å². The van der Waals surface area contributed by atoms with E-state index in [4.69, 9.17) is 11.6 Å². The lowest BCUT2D eigenvalue weighted by Crippen LogP contribution is -2.28. The Bertz CT molecular complexity index is 1020. The summed E-state index contributed by atoms with van der Waals surface area (Å²) in [7, 11) is 0. The number of rotatable bonds is 4. The lowest BCUT2D eigenvalue weighted by molar-refractivity contribution is -0.118. The van der Waals surface area contributed by atoms with Gasteiger partial charge in [-0.3, -0.25) is 10.1 Å². The van der Waals surface area contributed by atoms with Crippen molar-refractivity contribution in [3.8, 4) is 0 Å². The first-order valence-electron chi connectivity index (χ1n) is 9.45. The summed E-state index contributed by atoms with van der Waals surface area (Å²) in [5.41, 5.74) is 1.98. The van der Waals surface area contributed by atoms with Gasteiger partial charge in [0.05, 0.1) is 12.1 Å². The van der Waals surface area contributed by atoms with Crippen molar-refractivity contribution in [1.82, 2.24) is 14.8 Å². The van der Waals surface area contributed by atoms with Gasteiger partial charge < -0.3 is 5.32 Å². The van der Waals surface area contributed by atoms with Crippen LogP contribution in [0.1, 0.15) is 43.5 Å². The number of nitrogens with one attached hydrogen (secondary N) is 2. The van der Waals surface area contributed by atoms with Gasteiger partial charge in [0, 0.05) is 10.9 Å². The first kappa shape index (κ1) is 19.4. The summed E-state index contributed by atoms with van der Waals surface area (Å²) in [4.78, 5) is 16.5. The molecule has 29 heavy (non-hydrogen) atoms. The minimum Gasteiger partial charge on any atom is -0.347 e. The van der Waals surface area contributed by atoms with E-state index in [0.29, 0.717) is 17.4 Å². The second-order valence-corrected chi connectivity index (χ2v) is 7.84. The van der Waals surface area contributed by atoms with Gasteiger partial charge in [0.1, 0.15) is 5.82 Å². The third kappa shape index (κ3) is 4.10. The zero-order chi connectivity index (χ0) is 20.5. The molecule has 0 unspecified atom stereocenters. The fourth-order valence-corrected chi connectivity index (χ4v) is 3.49. The molecule has 0 radical (unpaired) electrons. The Balaban J connectivity index is 1.71. The first-order valence-corrected chi connectivity index (χ1v) is 9.83. The maximum Gasteiger partial charge on any atom is 0.250 e. The molecule has 0 fully saturated rings. The van der Waals surface area contributed by atoms with Gasteiger partial charge in [0.15, 0.2) is 0 Å². The Labute approximate surface area is 173 Å². The summed E-state index contributed by atoms with van der Waals surface area (Å²) >= 11 is 6.03. The molecule has 0 saturated heterocycles. The third-order valence-electron chi connectivity index (χ3n) is 4.98. The number of benzene rings is 2. The highest BCUT2D eigenvalue weighted by molar-refractivity contribution is 6.30. The van der Waals surface area contributed by atoms with E-state index in [9.17, 15) is 9.18 Å². The van der Waals surface area contributed by atoms with Crippen molar-refractivity contribution in [2.75, 3.05) is 10.6 Å². The lowest BCUT2D eigenvalue weighted by Gasteiger charge is -2.31. The number of anilines is 2. The second kappa shape index (κ2) is 7.83. The molecule has 8 heteroatoms. The zero-order valence-electron chi connectivity index (χ0n) is 16.1. The Hall–Kier alpha value is -2.93. The molecule has 0 aliphatic carbocycles. The standard InChI is InChI=1S/C21H21ClFN5O/c1-12(2)19(29)25-20-26-21-24-17(13-3-7-15(22)8-4-13)11-18(28(21)27-20)14-5-9-16(23)10-6-14/h3-10,12,17-18H,11H2,1-2H3,(H2,24,25,26,27,29)/t17-,18+/m0/s1. The van der Waals surface area contributed by atoms with Crippen molar-refractivity contribution in [2.45, 2.75) is 32.4 Å². The Morgan fingerprint density at radius 2 is 1.83 bits per heavy atom. The molecule has 150 valence electrons. The Kier molecular flexibility index (Phi) is 5.24. The van der Waals surface area contributed by atoms with Crippen LogP contribution in [0.3, 0.4) is 0 Å². The molecule has 0 saturated carbocycles. The highest BCUT2D eigenvalue weighted by Gasteiger charge is 2.31. The molecule has 2 atom stereocenters. The maximum absolute atomic E-state index is 13.4. The number of amides is 1. The zero-order valence-corrected chi connectivity index (χ0v) is 16.8. The lowest BCUT2D eigenvalue weighted by atomic mass is 9.93. The molecule has 0 bridgehead atoms. The highest BCUT2D eigenvalue weighted by Crippen LogP contribution is 2.38. The quantitative estimate of drug-likeness (QED) is 0.643. The van der Waals surface area contributed by atoms with Crippen molar-refractivity contribution in [3.05, 3.63) is 70.5 Å². The van der Waals surface area contributed by atoms with E-state index in [1.807, 2.05) is 38.1 Å². The Morgan fingerprint density at radius 3 is 2.48 bits per heavy atom. The maximum atomic E-state index is 13.4. The summed E-state index contributed by atoms with van der Waals surface area (Å²) < 4.78 is 15.2. The summed E-state index contributed by atoms with van der Waals surface area (Å²) in [5.74, 6) is 0.166. The van der Waals surface area contributed by atoms with Crippen LogP contribution in [0.4, 0.5) is 16.3 Å². The third-order valence-corrected chi connectivity index (χ3v) is 5.23. The summed E-state index contributed by atoms with van der Waals surface area (Å²) in [5, 5.41) is 11.3. The molecule has 2 aromatic carbocycles. The fraction of sp³-hybridized carbons (Fsp3) is 0.286. The fourth-order valence-electron chi connectivity index (χ4n) is 3.36. The van der Waals surface area contributed by atoms with Gasteiger partial charge in [-0.25, -0.2) is 9.07 Å². The van der Waals surface area contributed by atoms with Crippen LogP contribution >= 0.6 is 11.6 Å². The van der Waals surface area contributed by atoms with Crippen molar-refractivity contribution in [2.24, 2.45) is 5.92 Å². The molecule has 6 nitrogen and oxygen atoms in total. The minimum absolute atomic E-state index is 0.0346. The monoisotopic (exact) mass is 413 g/mol. The second-order valence-electron chi connectivity index (χ2n) is 7.40. The topological polar surface area (TPSA) is 71.8 Å². The summed E-state index contributed by atoms with van der Waals surface area (Å²) in [6.07, 6.45) is 0.682. The van der Waals surface area contributed by atoms with Crippen LogP contribution < -0.4 is 10.6 Å². The number of carbonyl (C=O) groups excluding carboxylic acids is 1. The predicted octanol–water partition coefficient (Wildman–Crippen LogP) is 4.81. The number of aromatic nitrogens is 3. The number of carbonyl (C=O) groups is 1. The van der Waals surface area contributed by atoms with Crippen LogP contribution in [0, 0.1) is 11.7 Å². The summed E-state index contributed by atoms with van der Waals surface area (Å²) in [6.45, 7) is 3.61. The molecular formula is C21H21ClFN5O. The molecule has 2 heterocycles. The van der Waals surface area contributed by atoms with Crippen molar-refractivity contribution >= 4 is 29.4 Å². The van der Waals surface area contributed by atoms with Crippen LogP contribution in [0.2, 0.25) is 5.02 Å². The van der Waals surface area contributed by atoms with Crippen molar-refractivity contribution in [3.63, 3.8) is 0 Å². The first-order chi connectivity index (χ1) is 13.9. The van der Waals surface area contributed by atoms with Gasteiger partial charge >= 0.3 is 0 Å². The van der Waals surface area contributed by atoms with Crippen LogP contribution in [-0.2, 0) is 4.79 Å².